The molecule has 0 aliphatic carbocycles. The molecule has 1 fully saturated rings. The number of benzene rings is 1. The third-order valence-electron chi connectivity index (χ3n) is 5.31. The Morgan fingerprint density at radius 2 is 1.90 bits per heavy atom. The highest BCUT2D eigenvalue weighted by Crippen LogP contribution is 2.19. The van der Waals surface area contributed by atoms with Crippen molar-refractivity contribution in [3.8, 4) is 5.75 Å². The average molecular weight is 431 g/mol. The lowest BCUT2D eigenvalue weighted by molar-refractivity contribution is -0.139. The molecule has 2 atom stereocenters. The standard InChI is InChI=1S/C22H30N4O5/c1-14(2)12-16-21(29)23-8-11-31-18-7-4-3-6-15(18)20(28)25-17(13-19(27)24-16)22(30)26-9-5-10-26/h3-4,6-7,14,16-17H,5,8-13H2,1-2H3,(H,23,29)(H,24,27)(H,25,28)/t16-,17-/m0/s1. The Kier molecular flexibility index (Phi) is 7.49. The highest BCUT2D eigenvalue weighted by atomic mass is 16.5. The van der Waals surface area contributed by atoms with Crippen LogP contribution in [0.4, 0.5) is 0 Å². The number of nitrogens with zero attached hydrogens (tertiary/aromatic N) is 1. The van der Waals surface area contributed by atoms with Gasteiger partial charge < -0.3 is 25.6 Å². The largest absolute Gasteiger partial charge is 0.491 e. The number of fused-ring (bicyclic) bond motifs is 1. The van der Waals surface area contributed by atoms with E-state index < -0.39 is 23.9 Å². The Bertz CT molecular complexity index is 837. The van der Waals surface area contributed by atoms with Crippen molar-refractivity contribution < 1.29 is 23.9 Å². The highest BCUT2D eigenvalue weighted by Gasteiger charge is 2.33. The Labute approximate surface area is 181 Å². The lowest BCUT2D eigenvalue weighted by atomic mass is 10.0. The normalized spacial score (nSPS) is 22.8. The van der Waals surface area contributed by atoms with Crippen LogP contribution in [0.1, 0.15) is 43.5 Å². The Morgan fingerprint density at radius 3 is 2.58 bits per heavy atom. The summed E-state index contributed by atoms with van der Waals surface area (Å²) < 4.78 is 5.71. The number of amides is 4. The van der Waals surface area contributed by atoms with E-state index in [1.165, 1.54) is 0 Å². The van der Waals surface area contributed by atoms with Crippen molar-refractivity contribution >= 4 is 23.6 Å². The van der Waals surface area contributed by atoms with Gasteiger partial charge in [-0.1, -0.05) is 26.0 Å². The first-order valence-corrected chi connectivity index (χ1v) is 10.7. The first-order chi connectivity index (χ1) is 14.8. The van der Waals surface area contributed by atoms with Gasteiger partial charge in [0.15, 0.2) is 0 Å². The van der Waals surface area contributed by atoms with Gasteiger partial charge in [0.1, 0.15) is 24.4 Å². The molecule has 168 valence electrons. The summed E-state index contributed by atoms with van der Waals surface area (Å²) in [5.41, 5.74) is 0.269. The van der Waals surface area contributed by atoms with Gasteiger partial charge >= 0.3 is 0 Å². The van der Waals surface area contributed by atoms with Gasteiger partial charge in [0, 0.05) is 13.1 Å². The predicted octanol–water partition coefficient (Wildman–Crippen LogP) is 0.447. The van der Waals surface area contributed by atoms with Gasteiger partial charge in [0.05, 0.1) is 18.5 Å². The molecule has 0 spiro atoms. The van der Waals surface area contributed by atoms with E-state index in [1.54, 1.807) is 29.2 Å². The van der Waals surface area contributed by atoms with Crippen molar-refractivity contribution in [2.24, 2.45) is 5.92 Å². The molecule has 2 aliphatic heterocycles. The molecule has 1 aromatic rings. The van der Waals surface area contributed by atoms with E-state index in [0.717, 1.165) is 6.42 Å². The van der Waals surface area contributed by atoms with E-state index in [0.29, 0.717) is 25.3 Å². The molecule has 0 bridgehead atoms. The van der Waals surface area contributed by atoms with Crippen molar-refractivity contribution in [1.29, 1.82) is 0 Å². The fourth-order valence-electron chi connectivity index (χ4n) is 3.57. The summed E-state index contributed by atoms with van der Waals surface area (Å²) in [7, 11) is 0. The van der Waals surface area contributed by atoms with Crippen molar-refractivity contribution in [2.75, 3.05) is 26.2 Å². The zero-order chi connectivity index (χ0) is 22.4. The smallest absolute Gasteiger partial charge is 0.255 e. The average Bonchev–Trinajstić information content (AvgIpc) is 2.68. The topological polar surface area (TPSA) is 117 Å². The summed E-state index contributed by atoms with van der Waals surface area (Å²) in [6, 6.07) is 4.94. The molecular weight excluding hydrogens is 400 g/mol. The van der Waals surface area contributed by atoms with Crippen LogP contribution in [0.2, 0.25) is 0 Å². The van der Waals surface area contributed by atoms with Gasteiger partial charge in [0.25, 0.3) is 5.91 Å². The zero-order valence-corrected chi connectivity index (χ0v) is 18.0. The lowest BCUT2D eigenvalue weighted by Crippen LogP contribution is -2.55. The van der Waals surface area contributed by atoms with Gasteiger partial charge in [-0.05, 0) is 30.9 Å². The maximum Gasteiger partial charge on any atom is 0.255 e. The van der Waals surface area contributed by atoms with E-state index in [2.05, 4.69) is 16.0 Å². The van der Waals surface area contributed by atoms with Gasteiger partial charge in [-0.2, -0.15) is 0 Å². The maximum absolute atomic E-state index is 12.9. The summed E-state index contributed by atoms with van der Waals surface area (Å²) in [6.45, 7) is 5.52. The number of para-hydroxylation sites is 1. The number of hydrogen-bond acceptors (Lipinski definition) is 5. The van der Waals surface area contributed by atoms with Crippen molar-refractivity contribution in [3.63, 3.8) is 0 Å². The summed E-state index contributed by atoms with van der Waals surface area (Å²) in [5.74, 6) is -1.01. The van der Waals surface area contributed by atoms with Gasteiger partial charge in [-0.15, -0.1) is 0 Å². The molecule has 0 aromatic heterocycles. The molecule has 2 heterocycles. The van der Waals surface area contributed by atoms with Crippen molar-refractivity contribution in [3.05, 3.63) is 29.8 Å². The summed E-state index contributed by atoms with van der Waals surface area (Å²) >= 11 is 0. The van der Waals surface area contributed by atoms with E-state index in [1.807, 2.05) is 13.8 Å². The van der Waals surface area contributed by atoms with Crippen LogP contribution >= 0.6 is 0 Å². The molecule has 4 amide bonds. The summed E-state index contributed by atoms with van der Waals surface area (Å²) in [4.78, 5) is 52.8. The lowest BCUT2D eigenvalue weighted by Gasteiger charge is -2.34. The number of nitrogens with one attached hydrogen (secondary N) is 3. The Balaban J connectivity index is 1.86. The third kappa shape index (κ3) is 5.96. The van der Waals surface area contributed by atoms with Crippen LogP contribution in [-0.4, -0.2) is 66.9 Å². The Morgan fingerprint density at radius 1 is 1.16 bits per heavy atom. The van der Waals surface area contributed by atoms with Crippen LogP contribution < -0.4 is 20.7 Å². The number of ether oxygens (including phenoxy) is 1. The third-order valence-corrected chi connectivity index (χ3v) is 5.31. The first-order valence-electron chi connectivity index (χ1n) is 10.7. The van der Waals surface area contributed by atoms with Gasteiger partial charge in [-0.3, -0.25) is 19.2 Å². The second kappa shape index (κ2) is 10.3. The summed E-state index contributed by atoms with van der Waals surface area (Å²) in [6.07, 6.45) is 1.11. The molecule has 1 aromatic carbocycles. The van der Waals surface area contributed by atoms with E-state index in [4.69, 9.17) is 4.74 Å². The molecule has 0 radical (unpaired) electrons. The molecule has 3 N–H and O–H groups in total. The first kappa shape index (κ1) is 22.6. The Hall–Kier alpha value is -3.10. The maximum atomic E-state index is 12.9. The van der Waals surface area contributed by atoms with Crippen molar-refractivity contribution in [1.82, 2.24) is 20.9 Å². The van der Waals surface area contributed by atoms with Crippen LogP contribution in [0.5, 0.6) is 5.75 Å². The molecule has 0 saturated carbocycles. The van der Waals surface area contributed by atoms with Gasteiger partial charge in [-0.25, -0.2) is 0 Å². The molecule has 0 unspecified atom stereocenters. The van der Waals surface area contributed by atoms with Crippen LogP contribution in [0.15, 0.2) is 24.3 Å². The molecule has 3 rings (SSSR count). The predicted molar refractivity (Wildman–Crippen MR) is 113 cm³/mol. The molecule has 9 heteroatoms. The van der Waals surface area contributed by atoms with Crippen molar-refractivity contribution in [2.45, 2.75) is 45.2 Å². The van der Waals surface area contributed by atoms with Crippen LogP contribution in [0.3, 0.4) is 0 Å². The fraction of sp³-hybridized carbons (Fsp3) is 0.545. The minimum atomic E-state index is -1.02. The number of likely N-dealkylation sites (tertiary alicyclic amines) is 1. The van der Waals surface area contributed by atoms with Crippen LogP contribution in [-0.2, 0) is 14.4 Å². The van der Waals surface area contributed by atoms with E-state index in [9.17, 15) is 19.2 Å². The molecule has 31 heavy (non-hydrogen) atoms. The van der Waals surface area contributed by atoms with Crippen LogP contribution in [0.25, 0.3) is 0 Å². The second-order valence-corrected chi connectivity index (χ2v) is 8.29. The number of carbonyl (C=O) groups excluding carboxylic acids is 4. The SMILES string of the molecule is CC(C)C[C@@H]1NC(=O)C[C@@H](C(=O)N2CCC2)NC(=O)c2ccccc2OCCNC1=O. The zero-order valence-electron chi connectivity index (χ0n) is 18.0. The quantitative estimate of drug-likeness (QED) is 0.644. The number of carbonyl (C=O) groups is 4. The minimum Gasteiger partial charge on any atom is -0.491 e. The molecule has 1 saturated heterocycles. The number of rotatable bonds is 3. The van der Waals surface area contributed by atoms with Crippen LogP contribution in [0, 0.1) is 5.92 Å². The highest BCUT2D eigenvalue weighted by molar-refractivity contribution is 6.01. The number of hydrogen-bond donors (Lipinski definition) is 3. The van der Waals surface area contributed by atoms with Gasteiger partial charge in [0.2, 0.25) is 17.7 Å². The van der Waals surface area contributed by atoms with E-state index >= 15 is 0 Å². The molecule has 9 nitrogen and oxygen atoms in total. The van der Waals surface area contributed by atoms with E-state index in [-0.39, 0.29) is 42.9 Å². The fourth-order valence-corrected chi connectivity index (χ4v) is 3.57. The second-order valence-electron chi connectivity index (χ2n) is 8.29. The summed E-state index contributed by atoms with van der Waals surface area (Å²) in [5, 5.41) is 8.20. The monoisotopic (exact) mass is 430 g/mol. The molecule has 2 aliphatic rings. The molecular formula is C22H30N4O5. The minimum absolute atomic E-state index is 0.161.